The fourth-order valence-corrected chi connectivity index (χ4v) is 1.88. The Labute approximate surface area is 123 Å². The summed E-state index contributed by atoms with van der Waals surface area (Å²) in [6.45, 7) is 0. The van der Waals surface area contributed by atoms with E-state index in [2.05, 4.69) is 0 Å². The van der Waals surface area contributed by atoms with Gasteiger partial charge in [-0.2, -0.15) is 10.5 Å². The van der Waals surface area contributed by atoms with Gasteiger partial charge in [-0.15, -0.1) is 0 Å². The van der Waals surface area contributed by atoms with Gasteiger partial charge in [-0.3, -0.25) is 0 Å². The van der Waals surface area contributed by atoms with Crippen LogP contribution in [0.4, 0.5) is 5.69 Å². The third-order valence-electron chi connectivity index (χ3n) is 2.96. The lowest BCUT2D eigenvalue weighted by atomic mass is 9.99. The first-order valence-corrected chi connectivity index (χ1v) is 6.38. The molecule has 0 radical (unpaired) electrons. The SMILES string of the molecule is N#CC(C#N)=C(/C=C/c1ccccc1)c1ccc(N)cc1. The van der Waals surface area contributed by atoms with Gasteiger partial charge in [0.25, 0.3) is 0 Å². The van der Waals surface area contributed by atoms with Crippen molar-refractivity contribution in [1.29, 1.82) is 10.5 Å². The molecule has 2 aromatic carbocycles. The van der Waals surface area contributed by atoms with E-state index in [1.165, 1.54) is 0 Å². The molecule has 0 aliphatic heterocycles. The van der Waals surface area contributed by atoms with Gasteiger partial charge in [0.1, 0.15) is 17.7 Å². The summed E-state index contributed by atoms with van der Waals surface area (Å²) in [6, 6.07) is 20.7. The highest BCUT2D eigenvalue weighted by molar-refractivity contribution is 5.85. The van der Waals surface area contributed by atoms with E-state index in [1.54, 1.807) is 30.3 Å². The van der Waals surface area contributed by atoms with Gasteiger partial charge in [0, 0.05) is 11.3 Å². The number of benzene rings is 2. The maximum atomic E-state index is 9.12. The summed E-state index contributed by atoms with van der Waals surface area (Å²) in [4.78, 5) is 0. The Hall–Kier alpha value is -3.30. The van der Waals surface area contributed by atoms with E-state index in [-0.39, 0.29) is 5.57 Å². The number of nitrogens with two attached hydrogens (primary N) is 1. The number of nitrogen functional groups attached to an aromatic ring is 1. The largest absolute Gasteiger partial charge is 0.399 e. The fourth-order valence-electron chi connectivity index (χ4n) is 1.88. The molecule has 0 heterocycles. The minimum Gasteiger partial charge on any atom is -0.399 e. The van der Waals surface area contributed by atoms with Crippen molar-refractivity contribution in [2.75, 3.05) is 5.73 Å². The second-order valence-electron chi connectivity index (χ2n) is 4.38. The smallest absolute Gasteiger partial charge is 0.137 e. The number of allylic oxidation sites excluding steroid dienone is 3. The van der Waals surface area contributed by atoms with Crippen LogP contribution in [-0.2, 0) is 0 Å². The molecule has 2 N–H and O–H groups in total. The molecule has 3 heteroatoms. The molecule has 0 unspecified atom stereocenters. The number of rotatable bonds is 3. The Morgan fingerprint density at radius 3 is 2.10 bits per heavy atom. The predicted octanol–water partition coefficient (Wildman–Crippen LogP) is 3.78. The fraction of sp³-hybridized carbons (Fsp3) is 0. The van der Waals surface area contributed by atoms with Crippen molar-refractivity contribution >= 4 is 17.3 Å². The quantitative estimate of drug-likeness (QED) is 0.524. The Morgan fingerprint density at radius 2 is 1.52 bits per heavy atom. The normalized spacial score (nSPS) is 9.81. The van der Waals surface area contributed by atoms with E-state index in [4.69, 9.17) is 16.3 Å². The lowest BCUT2D eigenvalue weighted by molar-refractivity contribution is 1.46. The number of hydrogen-bond acceptors (Lipinski definition) is 3. The van der Waals surface area contributed by atoms with E-state index in [9.17, 15) is 0 Å². The first-order valence-electron chi connectivity index (χ1n) is 6.38. The number of hydrogen-bond donors (Lipinski definition) is 1. The Morgan fingerprint density at radius 1 is 0.905 bits per heavy atom. The minimum absolute atomic E-state index is 0.0759. The predicted molar refractivity (Wildman–Crippen MR) is 84.5 cm³/mol. The lowest BCUT2D eigenvalue weighted by Crippen LogP contribution is -1.89. The van der Waals surface area contributed by atoms with Crippen LogP contribution in [0.5, 0.6) is 0 Å². The molecule has 0 saturated heterocycles. The number of anilines is 1. The molecular formula is C18H13N3. The van der Waals surface area contributed by atoms with Crippen LogP contribution in [0.3, 0.4) is 0 Å². The minimum atomic E-state index is 0.0759. The average Bonchev–Trinajstić information content (AvgIpc) is 2.53. The first kappa shape index (κ1) is 14.1. The molecule has 21 heavy (non-hydrogen) atoms. The van der Waals surface area contributed by atoms with Crippen LogP contribution in [0, 0.1) is 22.7 Å². The van der Waals surface area contributed by atoms with Gasteiger partial charge in [0.2, 0.25) is 0 Å². The third kappa shape index (κ3) is 3.59. The van der Waals surface area contributed by atoms with Crippen molar-refractivity contribution in [3.05, 3.63) is 77.4 Å². The van der Waals surface area contributed by atoms with Crippen molar-refractivity contribution in [2.24, 2.45) is 0 Å². The molecule has 3 nitrogen and oxygen atoms in total. The third-order valence-corrected chi connectivity index (χ3v) is 2.96. The molecule has 0 aromatic heterocycles. The van der Waals surface area contributed by atoms with Gasteiger partial charge < -0.3 is 5.73 Å². The summed E-state index contributed by atoms with van der Waals surface area (Å²) in [7, 11) is 0. The van der Waals surface area contributed by atoms with Crippen molar-refractivity contribution in [3.63, 3.8) is 0 Å². The first-order chi connectivity index (χ1) is 10.2. The second kappa shape index (κ2) is 6.75. The van der Waals surface area contributed by atoms with Gasteiger partial charge >= 0.3 is 0 Å². The van der Waals surface area contributed by atoms with E-state index in [0.29, 0.717) is 11.3 Å². The molecule has 2 rings (SSSR count). The molecule has 0 amide bonds. The Bertz CT molecular complexity index is 739. The van der Waals surface area contributed by atoms with E-state index in [0.717, 1.165) is 11.1 Å². The summed E-state index contributed by atoms with van der Waals surface area (Å²) < 4.78 is 0. The maximum absolute atomic E-state index is 9.12. The van der Waals surface area contributed by atoms with Gasteiger partial charge in [-0.1, -0.05) is 54.6 Å². The van der Waals surface area contributed by atoms with E-state index < -0.39 is 0 Å². The molecule has 0 atom stereocenters. The lowest BCUT2D eigenvalue weighted by Gasteiger charge is -2.04. The van der Waals surface area contributed by atoms with Crippen LogP contribution in [0.1, 0.15) is 11.1 Å². The van der Waals surface area contributed by atoms with Crippen LogP contribution in [0.25, 0.3) is 11.6 Å². The summed E-state index contributed by atoms with van der Waals surface area (Å²) in [5, 5.41) is 18.2. The molecular weight excluding hydrogens is 258 g/mol. The topological polar surface area (TPSA) is 73.6 Å². The summed E-state index contributed by atoms with van der Waals surface area (Å²) in [5.74, 6) is 0. The maximum Gasteiger partial charge on any atom is 0.137 e. The zero-order chi connectivity index (χ0) is 15.1. The summed E-state index contributed by atoms with van der Waals surface area (Å²) >= 11 is 0. The zero-order valence-electron chi connectivity index (χ0n) is 11.3. The number of nitrogens with zero attached hydrogens (tertiary/aromatic N) is 2. The Kier molecular flexibility index (Phi) is 4.54. The monoisotopic (exact) mass is 271 g/mol. The van der Waals surface area contributed by atoms with E-state index in [1.807, 2.05) is 48.5 Å². The summed E-state index contributed by atoms with van der Waals surface area (Å²) in [6.07, 6.45) is 3.66. The highest BCUT2D eigenvalue weighted by Gasteiger charge is 2.06. The van der Waals surface area contributed by atoms with Gasteiger partial charge in [0.05, 0.1) is 0 Å². The van der Waals surface area contributed by atoms with Crippen molar-refractivity contribution in [2.45, 2.75) is 0 Å². The number of nitriles is 2. The van der Waals surface area contributed by atoms with Crippen LogP contribution >= 0.6 is 0 Å². The molecule has 0 spiro atoms. The van der Waals surface area contributed by atoms with Crippen molar-refractivity contribution in [3.8, 4) is 12.1 Å². The molecule has 100 valence electrons. The van der Waals surface area contributed by atoms with Crippen LogP contribution in [-0.4, -0.2) is 0 Å². The molecule has 0 aliphatic rings. The van der Waals surface area contributed by atoms with E-state index >= 15 is 0 Å². The van der Waals surface area contributed by atoms with Crippen molar-refractivity contribution < 1.29 is 0 Å². The Balaban J connectivity index is 2.47. The molecule has 0 aliphatic carbocycles. The van der Waals surface area contributed by atoms with Crippen molar-refractivity contribution in [1.82, 2.24) is 0 Å². The standard InChI is InChI=1S/C18H13N3/c19-12-16(13-20)18(15-7-9-17(21)10-8-15)11-6-14-4-2-1-3-5-14/h1-11H,21H2/b11-6+. The summed E-state index contributed by atoms with van der Waals surface area (Å²) in [5.41, 5.74) is 8.76. The second-order valence-corrected chi connectivity index (χ2v) is 4.38. The average molecular weight is 271 g/mol. The zero-order valence-corrected chi connectivity index (χ0v) is 11.3. The van der Waals surface area contributed by atoms with Gasteiger partial charge in [-0.25, -0.2) is 0 Å². The highest BCUT2D eigenvalue weighted by atomic mass is 14.5. The molecule has 0 saturated carbocycles. The van der Waals surface area contributed by atoms with Gasteiger partial charge in [0.15, 0.2) is 0 Å². The highest BCUT2D eigenvalue weighted by Crippen LogP contribution is 2.22. The van der Waals surface area contributed by atoms with Crippen LogP contribution in [0.15, 0.2) is 66.2 Å². The molecule has 0 bridgehead atoms. The molecule has 0 fully saturated rings. The molecule has 2 aromatic rings. The van der Waals surface area contributed by atoms with Crippen LogP contribution in [0.2, 0.25) is 0 Å². The van der Waals surface area contributed by atoms with Crippen LogP contribution < -0.4 is 5.73 Å². The van der Waals surface area contributed by atoms with Gasteiger partial charge in [-0.05, 0) is 23.3 Å².